The molecule has 0 bridgehead atoms. The van der Waals surface area contributed by atoms with Crippen LogP contribution in [0.25, 0.3) is 0 Å². The summed E-state index contributed by atoms with van der Waals surface area (Å²) in [6.07, 6.45) is -4.19. The molecule has 0 saturated carbocycles. The van der Waals surface area contributed by atoms with Crippen molar-refractivity contribution < 1.29 is 27.8 Å². The van der Waals surface area contributed by atoms with E-state index in [0.717, 1.165) is 29.2 Å². The molecule has 0 saturated heterocycles. The maximum absolute atomic E-state index is 13.3. The molecule has 1 amide bonds. The average Bonchev–Trinajstić information content (AvgIpc) is 2.84. The highest BCUT2D eigenvalue weighted by Gasteiger charge is 2.35. The van der Waals surface area contributed by atoms with Crippen molar-refractivity contribution >= 4 is 34.7 Å². The second-order valence-corrected chi connectivity index (χ2v) is 8.49. The first kappa shape index (κ1) is 22.5. The van der Waals surface area contributed by atoms with E-state index in [1.165, 1.54) is 24.8 Å². The first-order valence-corrected chi connectivity index (χ1v) is 9.91. The molecule has 8 nitrogen and oxygen atoms in total. The van der Waals surface area contributed by atoms with Gasteiger partial charge in [-0.05, 0) is 31.5 Å². The topological polar surface area (TPSA) is 107 Å². The zero-order valence-corrected chi connectivity index (χ0v) is 17.1. The molecule has 0 spiro atoms. The Hall–Kier alpha value is -3.15. The van der Waals surface area contributed by atoms with E-state index >= 15 is 0 Å². The van der Waals surface area contributed by atoms with Gasteiger partial charge in [-0.1, -0.05) is 6.92 Å². The van der Waals surface area contributed by atoms with E-state index in [1.807, 2.05) is 6.92 Å². The lowest BCUT2D eigenvalue weighted by atomic mass is 10.0. The first-order chi connectivity index (χ1) is 14.4. The van der Waals surface area contributed by atoms with Crippen LogP contribution in [0.3, 0.4) is 0 Å². The monoisotopic (exact) mass is 455 g/mol. The largest absolute Gasteiger partial charge is 0.416 e. The lowest BCUT2D eigenvalue weighted by Crippen LogP contribution is -2.33. The summed E-state index contributed by atoms with van der Waals surface area (Å²) in [5.41, 5.74) is -2.59. The molecule has 31 heavy (non-hydrogen) atoms. The predicted octanol–water partition coefficient (Wildman–Crippen LogP) is 5.36. The Kier molecular flexibility index (Phi) is 5.94. The molecular weight excluding hydrogens is 439 g/mol. The molecule has 2 aromatic rings. The molecule has 0 aliphatic carbocycles. The van der Waals surface area contributed by atoms with Crippen LogP contribution in [0.5, 0.6) is 0 Å². The fraction of sp³-hybridized carbons (Fsp3) is 0.316. The number of fused-ring (bicyclic) bond motifs is 1. The lowest BCUT2D eigenvalue weighted by Gasteiger charge is -2.24. The normalized spacial score (nSPS) is 16.4. The number of halogens is 3. The molecule has 3 rings (SSSR count). The highest BCUT2D eigenvalue weighted by molar-refractivity contribution is 8.00. The van der Waals surface area contributed by atoms with E-state index in [9.17, 15) is 38.2 Å². The number of hydrogen-bond acceptors (Lipinski definition) is 6. The maximum Gasteiger partial charge on any atom is 0.416 e. The van der Waals surface area contributed by atoms with Crippen LogP contribution in [0.1, 0.15) is 34.8 Å². The highest BCUT2D eigenvalue weighted by Crippen LogP contribution is 2.42. The molecule has 1 aliphatic heterocycles. The van der Waals surface area contributed by atoms with Gasteiger partial charge < -0.3 is 4.90 Å². The summed E-state index contributed by atoms with van der Waals surface area (Å²) in [5.74, 6) is -0.834. The van der Waals surface area contributed by atoms with Crippen LogP contribution < -0.4 is 4.90 Å². The van der Waals surface area contributed by atoms with E-state index in [4.69, 9.17) is 0 Å². The Bertz CT molecular complexity index is 1090. The van der Waals surface area contributed by atoms with Crippen molar-refractivity contribution in [2.45, 2.75) is 36.6 Å². The van der Waals surface area contributed by atoms with Gasteiger partial charge in [0.05, 0.1) is 32.7 Å². The molecule has 1 aliphatic rings. The van der Waals surface area contributed by atoms with E-state index in [2.05, 4.69) is 0 Å². The number of anilines is 1. The predicted molar refractivity (Wildman–Crippen MR) is 108 cm³/mol. The van der Waals surface area contributed by atoms with Gasteiger partial charge in [0.2, 0.25) is 0 Å². The van der Waals surface area contributed by atoms with Crippen LogP contribution in [0.2, 0.25) is 0 Å². The second-order valence-electron chi connectivity index (χ2n) is 7.01. The number of nitrogens with zero attached hydrogens (tertiary/aromatic N) is 3. The average molecular weight is 455 g/mol. The van der Waals surface area contributed by atoms with Crippen molar-refractivity contribution in [3.8, 4) is 0 Å². The number of thioether (sulfide) groups is 1. The standard InChI is InChI=1S/C19H16F3N3O5S/c1-10-5-6-23(16-7-12(19(20,21)22)3-4-17(16)31-10)18(26)14-8-13(24(27)28)9-15(11(14)2)25(29)30/h3-4,7-10H,5-6H2,1-2H3. The number of hydrogen-bond donors (Lipinski definition) is 0. The number of non-ortho nitro benzene ring substituents is 1. The summed E-state index contributed by atoms with van der Waals surface area (Å²) >= 11 is 1.31. The van der Waals surface area contributed by atoms with Gasteiger partial charge in [0, 0.05) is 28.3 Å². The number of benzene rings is 2. The van der Waals surface area contributed by atoms with E-state index < -0.39 is 38.9 Å². The van der Waals surface area contributed by atoms with Gasteiger partial charge in [0.25, 0.3) is 17.3 Å². The molecule has 1 unspecified atom stereocenters. The third kappa shape index (κ3) is 4.48. The van der Waals surface area contributed by atoms with Crippen molar-refractivity contribution in [1.29, 1.82) is 0 Å². The Balaban J connectivity index is 2.18. The van der Waals surface area contributed by atoms with Gasteiger partial charge in [-0.3, -0.25) is 25.0 Å². The fourth-order valence-corrected chi connectivity index (χ4v) is 4.36. The molecular formula is C19H16F3N3O5S. The summed E-state index contributed by atoms with van der Waals surface area (Å²) in [4.78, 5) is 35.7. The third-order valence-electron chi connectivity index (χ3n) is 4.91. The molecule has 12 heteroatoms. The minimum absolute atomic E-state index is 0.00571. The van der Waals surface area contributed by atoms with Crippen LogP contribution in [0.4, 0.5) is 30.2 Å². The second kappa shape index (κ2) is 8.17. The molecule has 1 atom stereocenters. The number of nitro groups is 2. The third-order valence-corrected chi connectivity index (χ3v) is 6.15. The first-order valence-electron chi connectivity index (χ1n) is 9.03. The van der Waals surface area contributed by atoms with Crippen LogP contribution in [0, 0.1) is 27.2 Å². The van der Waals surface area contributed by atoms with Crippen molar-refractivity contribution in [3.05, 3.63) is 67.3 Å². The van der Waals surface area contributed by atoms with Gasteiger partial charge in [-0.2, -0.15) is 13.2 Å². The van der Waals surface area contributed by atoms with Crippen LogP contribution >= 0.6 is 11.8 Å². The summed E-state index contributed by atoms with van der Waals surface area (Å²) in [6.45, 7) is 3.19. The zero-order valence-electron chi connectivity index (χ0n) is 16.3. The van der Waals surface area contributed by atoms with Crippen molar-refractivity contribution in [2.75, 3.05) is 11.4 Å². The minimum Gasteiger partial charge on any atom is -0.307 e. The highest BCUT2D eigenvalue weighted by atomic mass is 32.2. The molecule has 0 fully saturated rings. The smallest absolute Gasteiger partial charge is 0.307 e. The van der Waals surface area contributed by atoms with Gasteiger partial charge in [0.15, 0.2) is 0 Å². The summed E-state index contributed by atoms with van der Waals surface area (Å²) in [6, 6.07) is 4.74. The van der Waals surface area contributed by atoms with Crippen LogP contribution in [-0.2, 0) is 6.18 Å². The van der Waals surface area contributed by atoms with Crippen molar-refractivity contribution in [1.82, 2.24) is 0 Å². The van der Waals surface area contributed by atoms with E-state index in [-0.39, 0.29) is 28.6 Å². The summed E-state index contributed by atoms with van der Waals surface area (Å²) in [7, 11) is 0. The van der Waals surface area contributed by atoms with Gasteiger partial charge in [-0.25, -0.2) is 0 Å². The molecule has 0 radical (unpaired) electrons. The summed E-state index contributed by atoms with van der Waals surface area (Å²) in [5, 5.41) is 22.5. The minimum atomic E-state index is -4.63. The number of rotatable bonds is 3. The maximum atomic E-state index is 13.3. The molecule has 2 aromatic carbocycles. The van der Waals surface area contributed by atoms with Crippen LogP contribution in [-0.4, -0.2) is 27.5 Å². The Morgan fingerprint density at radius 2 is 1.84 bits per heavy atom. The lowest BCUT2D eigenvalue weighted by molar-refractivity contribution is -0.394. The molecule has 164 valence electrons. The number of carbonyl (C=O) groups excluding carboxylic acids is 1. The van der Waals surface area contributed by atoms with E-state index in [1.54, 1.807) is 0 Å². The summed E-state index contributed by atoms with van der Waals surface area (Å²) < 4.78 is 39.8. The van der Waals surface area contributed by atoms with E-state index in [0.29, 0.717) is 11.3 Å². The van der Waals surface area contributed by atoms with Gasteiger partial charge in [-0.15, -0.1) is 11.8 Å². The quantitative estimate of drug-likeness (QED) is 0.455. The van der Waals surface area contributed by atoms with Crippen LogP contribution in [0.15, 0.2) is 35.2 Å². The van der Waals surface area contributed by atoms with Crippen molar-refractivity contribution in [2.24, 2.45) is 0 Å². The molecule has 0 aromatic heterocycles. The Morgan fingerprint density at radius 3 is 2.42 bits per heavy atom. The fourth-order valence-electron chi connectivity index (χ4n) is 3.27. The van der Waals surface area contributed by atoms with Gasteiger partial charge >= 0.3 is 6.18 Å². The number of carbonyl (C=O) groups is 1. The zero-order chi connectivity index (χ0) is 23.1. The van der Waals surface area contributed by atoms with Crippen molar-refractivity contribution in [3.63, 3.8) is 0 Å². The molecule has 0 N–H and O–H groups in total. The van der Waals surface area contributed by atoms with Gasteiger partial charge in [0.1, 0.15) is 0 Å². The number of amides is 1. The number of nitro benzene ring substituents is 2. The Labute approximate surface area is 178 Å². The number of alkyl halides is 3. The molecule has 1 heterocycles. The SMILES string of the molecule is Cc1c(C(=O)N2CCC(C)Sc3ccc(C(F)(F)F)cc32)cc([N+](=O)[O-])cc1[N+](=O)[O-]. The Morgan fingerprint density at radius 1 is 1.16 bits per heavy atom.